The Morgan fingerprint density at radius 2 is 1.79 bits per heavy atom. The van der Waals surface area contributed by atoms with Gasteiger partial charge in [0.2, 0.25) is 5.91 Å². The van der Waals surface area contributed by atoms with E-state index in [1.807, 2.05) is 44.2 Å². The third-order valence-corrected chi connectivity index (χ3v) is 6.54. The lowest BCUT2D eigenvalue weighted by Gasteiger charge is -2.35. The zero-order valence-corrected chi connectivity index (χ0v) is 19.7. The highest BCUT2D eigenvalue weighted by Crippen LogP contribution is 2.42. The minimum atomic E-state index is -1.00. The summed E-state index contributed by atoms with van der Waals surface area (Å²) in [6.07, 6.45) is 0.0442. The lowest BCUT2D eigenvalue weighted by Crippen LogP contribution is -2.43. The van der Waals surface area contributed by atoms with E-state index in [4.69, 9.17) is 27.9 Å². The van der Waals surface area contributed by atoms with E-state index in [2.05, 4.69) is 5.32 Å². The molecule has 1 aliphatic rings. The summed E-state index contributed by atoms with van der Waals surface area (Å²) in [4.78, 5) is 24.9. The summed E-state index contributed by atoms with van der Waals surface area (Å²) < 4.78 is 6.19. The molecule has 0 spiro atoms. The molecule has 0 unspecified atom stereocenters. The Kier molecular flexibility index (Phi) is 6.37. The van der Waals surface area contributed by atoms with Crippen molar-refractivity contribution in [3.63, 3.8) is 0 Å². The van der Waals surface area contributed by atoms with E-state index in [-0.39, 0.29) is 17.5 Å². The molecule has 0 aliphatic carbocycles. The van der Waals surface area contributed by atoms with Crippen LogP contribution in [0.15, 0.2) is 66.7 Å². The van der Waals surface area contributed by atoms with Gasteiger partial charge < -0.3 is 15.2 Å². The van der Waals surface area contributed by atoms with Crippen molar-refractivity contribution >= 4 is 35.1 Å². The molecule has 4 rings (SSSR count). The first-order chi connectivity index (χ1) is 15.7. The molecule has 0 saturated heterocycles. The average Bonchev–Trinajstić information content (AvgIpc) is 2.78. The van der Waals surface area contributed by atoms with E-state index in [0.717, 1.165) is 11.1 Å². The number of benzene rings is 3. The molecule has 2 N–H and O–H groups in total. The van der Waals surface area contributed by atoms with Gasteiger partial charge in [-0.25, -0.2) is 4.79 Å². The van der Waals surface area contributed by atoms with Crippen LogP contribution < -0.4 is 10.1 Å². The van der Waals surface area contributed by atoms with Gasteiger partial charge in [0.1, 0.15) is 11.9 Å². The topological polar surface area (TPSA) is 75.6 Å². The van der Waals surface area contributed by atoms with E-state index in [1.54, 1.807) is 36.4 Å². The monoisotopic (exact) mass is 483 g/mol. The van der Waals surface area contributed by atoms with Crippen LogP contribution in [0.1, 0.15) is 59.5 Å². The lowest BCUT2D eigenvalue weighted by molar-refractivity contribution is -0.126. The highest BCUT2D eigenvalue weighted by molar-refractivity contribution is 6.35. The Labute approximate surface area is 202 Å². The number of aromatic carboxylic acids is 1. The summed E-state index contributed by atoms with van der Waals surface area (Å²) in [6.45, 7) is 3.63. The summed E-state index contributed by atoms with van der Waals surface area (Å²) in [5.41, 5.74) is 1.57. The Bertz CT molecular complexity index is 1220. The van der Waals surface area contributed by atoms with Crippen LogP contribution in [-0.2, 0) is 10.2 Å². The molecule has 0 saturated carbocycles. The van der Waals surface area contributed by atoms with Crippen molar-refractivity contribution in [2.24, 2.45) is 0 Å². The smallest absolute Gasteiger partial charge is 0.335 e. The molecule has 5 nitrogen and oxygen atoms in total. The van der Waals surface area contributed by atoms with Gasteiger partial charge in [0.25, 0.3) is 0 Å². The third kappa shape index (κ3) is 4.70. The van der Waals surface area contributed by atoms with Crippen molar-refractivity contribution in [2.75, 3.05) is 0 Å². The van der Waals surface area contributed by atoms with Crippen LogP contribution in [-0.4, -0.2) is 17.0 Å². The van der Waals surface area contributed by atoms with Gasteiger partial charge in [0, 0.05) is 22.0 Å². The van der Waals surface area contributed by atoms with E-state index >= 15 is 0 Å². The molecule has 0 bridgehead atoms. The molecule has 2 atom stereocenters. The maximum absolute atomic E-state index is 13.4. The predicted octanol–water partition coefficient (Wildman–Crippen LogP) is 6.35. The maximum atomic E-state index is 13.4. The van der Waals surface area contributed by atoms with Gasteiger partial charge in [-0.2, -0.15) is 0 Å². The number of nitrogens with one attached hydrogen (secondary N) is 1. The van der Waals surface area contributed by atoms with Crippen molar-refractivity contribution in [2.45, 2.75) is 37.8 Å². The molecule has 170 valence electrons. The minimum Gasteiger partial charge on any atom is -0.485 e. The van der Waals surface area contributed by atoms with E-state index in [1.165, 1.54) is 0 Å². The second-order valence-electron chi connectivity index (χ2n) is 8.59. The summed E-state index contributed by atoms with van der Waals surface area (Å²) in [7, 11) is 0. The fraction of sp³-hybridized carbons (Fsp3) is 0.231. The molecular formula is C26H23Cl2NO4. The molecule has 0 fully saturated rings. The third-order valence-electron chi connectivity index (χ3n) is 6.00. The van der Waals surface area contributed by atoms with Gasteiger partial charge in [-0.3, -0.25) is 4.79 Å². The molecular weight excluding hydrogens is 461 g/mol. The number of rotatable bonds is 5. The SMILES string of the molecule is CC(C)(C(=O)N[C@@H]1C[C@H](c2cccc(C(=O)O)c2)Oc2ccccc21)c1ccc(Cl)cc1Cl. The fourth-order valence-electron chi connectivity index (χ4n) is 4.09. The molecule has 1 heterocycles. The Balaban J connectivity index is 1.64. The van der Waals surface area contributed by atoms with E-state index in [0.29, 0.717) is 27.8 Å². The number of amides is 1. The molecule has 1 aliphatic heterocycles. The number of carboxylic acid groups (broad SMARTS) is 1. The highest BCUT2D eigenvalue weighted by Gasteiger charge is 2.36. The van der Waals surface area contributed by atoms with Gasteiger partial charge in [0.05, 0.1) is 17.0 Å². The van der Waals surface area contributed by atoms with Crippen molar-refractivity contribution in [3.05, 3.63) is 99.0 Å². The van der Waals surface area contributed by atoms with Crippen LogP contribution in [0, 0.1) is 0 Å². The van der Waals surface area contributed by atoms with E-state index < -0.39 is 17.5 Å². The first-order valence-corrected chi connectivity index (χ1v) is 11.3. The molecule has 0 radical (unpaired) electrons. The summed E-state index contributed by atoms with van der Waals surface area (Å²) in [5, 5.41) is 13.5. The van der Waals surface area contributed by atoms with Gasteiger partial charge in [-0.05, 0) is 55.3 Å². The Hall–Kier alpha value is -3.02. The number of carbonyl (C=O) groups is 2. The normalized spacial score (nSPS) is 17.6. The van der Waals surface area contributed by atoms with Crippen molar-refractivity contribution < 1.29 is 19.4 Å². The number of hydrogen-bond donors (Lipinski definition) is 2. The van der Waals surface area contributed by atoms with E-state index in [9.17, 15) is 14.7 Å². The number of para-hydroxylation sites is 1. The van der Waals surface area contributed by atoms with Gasteiger partial charge in [0.15, 0.2) is 0 Å². The summed E-state index contributed by atoms with van der Waals surface area (Å²) in [6, 6.07) is 19.0. The van der Waals surface area contributed by atoms with Gasteiger partial charge >= 0.3 is 5.97 Å². The zero-order chi connectivity index (χ0) is 23.8. The number of ether oxygens (including phenoxy) is 1. The summed E-state index contributed by atoms with van der Waals surface area (Å²) >= 11 is 12.4. The Morgan fingerprint density at radius 1 is 1.03 bits per heavy atom. The molecule has 3 aromatic rings. The zero-order valence-electron chi connectivity index (χ0n) is 18.1. The van der Waals surface area contributed by atoms with Gasteiger partial charge in [-0.1, -0.05) is 59.6 Å². The number of hydrogen-bond acceptors (Lipinski definition) is 3. The van der Waals surface area contributed by atoms with Gasteiger partial charge in [-0.15, -0.1) is 0 Å². The van der Waals surface area contributed by atoms with Crippen LogP contribution in [0.25, 0.3) is 0 Å². The van der Waals surface area contributed by atoms with Crippen LogP contribution in [0.4, 0.5) is 0 Å². The largest absolute Gasteiger partial charge is 0.485 e. The number of carboxylic acids is 1. The first-order valence-electron chi connectivity index (χ1n) is 10.5. The van der Waals surface area contributed by atoms with Crippen LogP contribution >= 0.6 is 23.2 Å². The van der Waals surface area contributed by atoms with Crippen LogP contribution in [0.5, 0.6) is 5.75 Å². The standard InChI is InChI=1S/C26H23Cl2NO4/c1-26(2,19-11-10-17(27)13-20(19)28)25(32)29-21-14-23(33-22-9-4-3-8-18(21)22)15-6-5-7-16(12-15)24(30)31/h3-13,21,23H,14H2,1-2H3,(H,29,32)(H,30,31)/t21-,23-/m1/s1. The first kappa shape index (κ1) is 23.1. The second kappa shape index (κ2) is 9.08. The molecule has 7 heteroatoms. The van der Waals surface area contributed by atoms with Crippen molar-refractivity contribution in [1.82, 2.24) is 5.32 Å². The number of fused-ring (bicyclic) bond motifs is 1. The van der Waals surface area contributed by atoms with Crippen molar-refractivity contribution in [1.29, 1.82) is 0 Å². The quantitative estimate of drug-likeness (QED) is 0.443. The number of halogens is 2. The van der Waals surface area contributed by atoms with Crippen LogP contribution in [0.3, 0.4) is 0 Å². The van der Waals surface area contributed by atoms with Crippen LogP contribution in [0.2, 0.25) is 10.0 Å². The highest BCUT2D eigenvalue weighted by atomic mass is 35.5. The lowest BCUT2D eigenvalue weighted by atomic mass is 9.82. The average molecular weight is 484 g/mol. The molecule has 33 heavy (non-hydrogen) atoms. The van der Waals surface area contributed by atoms with Crippen molar-refractivity contribution in [3.8, 4) is 5.75 Å². The predicted molar refractivity (Wildman–Crippen MR) is 128 cm³/mol. The Morgan fingerprint density at radius 3 is 2.52 bits per heavy atom. The minimum absolute atomic E-state index is 0.188. The second-order valence-corrected chi connectivity index (χ2v) is 9.43. The molecule has 1 amide bonds. The number of carbonyl (C=O) groups excluding carboxylic acids is 1. The fourth-order valence-corrected chi connectivity index (χ4v) is 4.73. The molecule has 0 aromatic heterocycles. The maximum Gasteiger partial charge on any atom is 0.335 e. The molecule has 3 aromatic carbocycles. The summed E-state index contributed by atoms with van der Waals surface area (Å²) in [5.74, 6) is -0.534.